The second-order valence-electron chi connectivity index (χ2n) is 7.88. The molecule has 1 amide bonds. The van der Waals surface area contributed by atoms with Crippen LogP contribution in [0.2, 0.25) is 0 Å². The van der Waals surface area contributed by atoms with E-state index in [1.54, 1.807) is 36.0 Å². The number of nitrogens with one attached hydrogen (secondary N) is 2. The Kier molecular flexibility index (Phi) is 4.99. The van der Waals surface area contributed by atoms with Gasteiger partial charge in [-0.05, 0) is 50.1 Å². The van der Waals surface area contributed by atoms with Gasteiger partial charge in [0.05, 0.1) is 27.9 Å². The molecule has 0 saturated heterocycles. The van der Waals surface area contributed by atoms with E-state index in [1.165, 1.54) is 18.2 Å². The monoisotopic (exact) mass is 452 g/mol. The number of para-hydroxylation sites is 1. The Hall–Kier alpha value is -3.95. The molecular weight excluding hydrogens is 433 g/mol. The van der Waals surface area contributed by atoms with Crippen molar-refractivity contribution in [3.63, 3.8) is 0 Å². The molecule has 0 aliphatic heterocycles. The van der Waals surface area contributed by atoms with Gasteiger partial charge in [-0.3, -0.25) is 15.6 Å². The number of rotatable bonds is 5. The molecule has 1 aliphatic rings. The molecule has 0 radical (unpaired) electrons. The molecule has 1 saturated carbocycles. The lowest BCUT2D eigenvalue weighted by molar-refractivity contribution is -0.137. The summed E-state index contributed by atoms with van der Waals surface area (Å²) in [5, 5.41) is 5.05. The van der Waals surface area contributed by atoms with Crippen molar-refractivity contribution in [1.82, 2.24) is 25.2 Å². The molecule has 1 aromatic carbocycles. The zero-order valence-corrected chi connectivity index (χ0v) is 17.5. The zero-order chi connectivity index (χ0) is 23.2. The molecule has 5 rings (SSSR count). The van der Waals surface area contributed by atoms with Crippen LogP contribution >= 0.6 is 0 Å². The van der Waals surface area contributed by atoms with E-state index in [2.05, 4.69) is 20.9 Å². The summed E-state index contributed by atoms with van der Waals surface area (Å²) in [7, 11) is 0. The number of aryl methyl sites for hydroxylation is 1. The molecule has 10 heteroatoms. The standard InChI is InChI=1S/C23H19F3N6O/c1-13-20-15(22(33)30-29-17-7-3-2-6-16(17)23(24,25)26)12-18(14-9-10-14)28-21(20)32(31-13)19-8-4-5-11-27-19/h2-8,11-12,14,29H,9-10H2,1H3,(H,30,33). The van der Waals surface area contributed by atoms with E-state index in [-0.39, 0.29) is 11.6 Å². The number of benzene rings is 1. The Balaban J connectivity index is 1.54. The highest BCUT2D eigenvalue weighted by molar-refractivity contribution is 6.07. The molecule has 168 valence electrons. The van der Waals surface area contributed by atoms with E-state index in [0.717, 1.165) is 24.6 Å². The molecule has 3 aromatic heterocycles. The molecule has 33 heavy (non-hydrogen) atoms. The van der Waals surface area contributed by atoms with Gasteiger partial charge >= 0.3 is 6.18 Å². The fraction of sp³-hybridized carbons (Fsp3) is 0.217. The lowest BCUT2D eigenvalue weighted by Gasteiger charge is -2.15. The van der Waals surface area contributed by atoms with Gasteiger partial charge in [0.1, 0.15) is 0 Å². The van der Waals surface area contributed by atoms with Crippen molar-refractivity contribution < 1.29 is 18.0 Å². The number of hydrazine groups is 1. The Morgan fingerprint density at radius 1 is 1.12 bits per heavy atom. The highest BCUT2D eigenvalue weighted by atomic mass is 19.4. The molecular formula is C23H19F3N6O. The van der Waals surface area contributed by atoms with Crippen LogP contribution < -0.4 is 10.9 Å². The summed E-state index contributed by atoms with van der Waals surface area (Å²) in [6, 6.07) is 12.0. The van der Waals surface area contributed by atoms with Gasteiger partial charge in [-0.25, -0.2) is 9.97 Å². The van der Waals surface area contributed by atoms with Gasteiger partial charge in [-0.15, -0.1) is 0 Å². The van der Waals surface area contributed by atoms with Crippen LogP contribution in [0.3, 0.4) is 0 Å². The lowest BCUT2D eigenvalue weighted by Crippen LogP contribution is -2.31. The van der Waals surface area contributed by atoms with E-state index in [4.69, 9.17) is 4.98 Å². The van der Waals surface area contributed by atoms with E-state index in [9.17, 15) is 18.0 Å². The summed E-state index contributed by atoms with van der Waals surface area (Å²) in [6.45, 7) is 1.75. The number of amides is 1. The van der Waals surface area contributed by atoms with Gasteiger partial charge in [0.2, 0.25) is 0 Å². The SMILES string of the molecule is Cc1nn(-c2ccccn2)c2nc(C3CC3)cc(C(=O)NNc3ccccc3C(F)(F)F)c12. The first-order valence-corrected chi connectivity index (χ1v) is 10.4. The number of hydrogen-bond acceptors (Lipinski definition) is 5. The summed E-state index contributed by atoms with van der Waals surface area (Å²) < 4.78 is 41.5. The Morgan fingerprint density at radius 2 is 1.88 bits per heavy atom. The molecule has 3 heterocycles. The third-order valence-electron chi connectivity index (χ3n) is 5.48. The van der Waals surface area contributed by atoms with E-state index in [0.29, 0.717) is 28.1 Å². The fourth-order valence-electron chi connectivity index (χ4n) is 3.75. The number of hydrogen-bond donors (Lipinski definition) is 2. The molecule has 0 atom stereocenters. The molecule has 0 spiro atoms. The topological polar surface area (TPSA) is 84.7 Å². The molecule has 2 N–H and O–H groups in total. The second-order valence-corrected chi connectivity index (χ2v) is 7.88. The van der Waals surface area contributed by atoms with Crippen molar-refractivity contribution in [3.05, 3.63) is 77.2 Å². The predicted octanol–water partition coefficient (Wildman–Crippen LogP) is 4.78. The average Bonchev–Trinajstić information content (AvgIpc) is 3.61. The van der Waals surface area contributed by atoms with Gasteiger partial charge in [-0.1, -0.05) is 18.2 Å². The van der Waals surface area contributed by atoms with E-state index >= 15 is 0 Å². The molecule has 0 unspecified atom stereocenters. The van der Waals surface area contributed by atoms with Gasteiger partial charge in [0.15, 0.2) is 11.5 Å². The van der Waals surface area contributed by atoms with Crippen molar-refractivity contribution in [3.8, 4) is 5.82 Å². The smallest absolute Gasteiger partial charge is 0.298 e. The maximum Gasteiger partial charge on any atom is 0.418 e. The Bertz CT molecular complexity index is 1350. The first-order valence-electron chi connectivity index (χ1n) is 10.4. The normalized spacial score (nSPS) is 13.8. The summed E-state index contributed by atoms with van der Waals surface area (Å²) >= 11 is 0. The maximum absolute atomic E-state index is 13.3. The number of alkyl halides is 3. The molecule has 1 aliphatic carbocycles. The van der Waals surface area contributed by atoms with Crippen molar-refractivity contribution in [2.24, 2.45) is 0 Å². The second kappa shape index (κ2) is 7.88. The third-order valence-corrected chi connectivity index (χ3v) is 5.48. The van der Waals surface area contributed by atoms with E-state index in [1.807, 2.05) is 6.07 Å². The average molecular weight is 452 g/mol. The number of nitrogens with zero attached hydrogens (tertiary/aromatic N) is 4. The number of aromatic nitrogens is 4. The predicted molar refractivity (Wildman–Crippen MR) is 116 cm³/mol. The first kappa shape index (κ1) is 20.9. The fourth-order valence-corrected chi connectivity index (χ4v) is 3.75. The lowest BCUT2D eigenvalue weighted by atomic mass is 10.1. The molecule has 7 nitrogen and oxygen atoms in total. The quantitative estimate of drug-likeness (QED) is 0.426. The Morgan fingerprint density at radius 3 is 2.58 bits per heavy atom. The number of pyridine rings is 2. The Labute approximate surface area is 186 Å². The van der Waals surface area contributed by atoms with E-state index < -0.39 is 17.6 Å². The minimum absolute atomic E-state index is 0.243. The summed E-state index contributed by atoms with van der Waals surface area (Å²) in [5.74, 6) is 0.219. The summed E-state index contributed by atoms with van der Waals surface area (Å²) in [5.41, 5.74) is 5.81. The minimum atomic E-state index is -4.56. The van der Waals surface area contributed by atoms with Gasteiger partial charge in [-0.2, -0.15) is 23.0 Å². The van der Waals surface area contributed by atoms with Crippen LogP contribution in [0, 0.1) is 6.92 Å². The first-order chi connectivity index (χ1) is 15.8. The number of anilines is 1. The van der Waals surface area contributed by atoms with Crippen LogP contribution in [0.5, 0.6) is 0 Å². The summed E-state index contributed by atoms with van der Waals surface area (Å²) in [6.07, 6.45) is -0.989. The third kappa shape index (κ3) is 3.99. The minimum Gasteiger partial charge on any atom is -0.298 e. The van der Waals surface area contributed by atoms with Gasteiger partial charge in [0.25, 0.3) is 5.91 Å². The van der Waals surface area contributed by atoms with Gasteiger partial charge in [0, 0.05) is 17.8 Å². The number of carbonyl (C=O) groups is 1. The van der Waals surface area contributed by atoms with Crippen LogP contribution in [0.25, 0.3) is 16.9 Å². The summed E-state index contributed by atoms with van der Waals surface area (Å²) in [4.78, 5) is 22.2. The largest absolute Gasteiger partial charge is 0.418 e. The number of halogens is 3. The maximum atomic E-state index is 13.3. The molecule has 4 aromatic rings. The van der Waals surface area contributed by atoms with Crippen molar-refractivity contribution >= 4 is 22.6 Å². The van der Waals surface area contributed by atoms with Crippen LogP contribution in [-0.4, -0.2) is 25.7 Å². The number of fused-ring (bicyclic) bond motifs is 1. The molecule has 0 bridgehead atoms. The highest BCUT2D eigenvalue weighted by Crippen LogP contribution is 2.41. The number of carbonyl (C=O) groups excluding carboxylic acids is 1. The van der Waals surface area contributed by atoms with Crippen LogP contribution in [0.15, 0.2) is 54.7 Å². The van der Waals surface area contributed by atoms with Crippen molar-refractivity contribution in [2.45, 2.75) is 31.9 Å². The van der Waals surface area contributed by atoms with Crippen molar-refractivity contribution in [1.29, 1.82) is 0 Å². The van der Waals surface area contributed by atoms with Crippen molar-refractivity contribution in [2.75, 3.05) is 5.43 Å². The van der Waals surface area contributed by atoms with Crippen LogP contribution in [0.4, 0.5) is 18.9 Å². The zero-order valence-electron chi connectivity index (χ0n) is 17.5. The highest BCUT2D eigenvalue weighted by Gasteiger charge is 2.33. The van der Waals surface area contributed by atoms with Crippen LogP contribution in [0.1, 0.15) is 46.1 Å². The molecule has 1 fully saturated rings. The van der Waals surface area contributed by atoms with Gasteiger partial charge < -0.3 is 0 Å². The van der Waals surface area contributed by atoms with Crippen LogP contribution in [-0.2, 0) is 6.18 Å².